The predicted octanol–water partition coefficient (Wildman–Crippen LogP) is 3.71. The minimum atomic E-state index is 0.360. The lowest BCUT2D eigenvalue weighted by Crippen LogP contribution is -2.36. The number of pyridine rings is 1. The number of nitrogens with zero attached hydrogens (tertiary/aromatic N) is 3. The van der Waals surface area contributed by atoms with Gasteiger partial charge in [0.2, 0.25) is 0 Å². The molecule has 1 aromatic carbocycles. The number of rotatable bonds is 8. The van der Waals surface area contributed by atoms with Crippen molar-refractivity contribution in [2.24, 2.45) is 13.0 Å². The highest BCUT2D eigenvalue weighted by Gasteiger charge is 2.14. The van der Waals surface area contributed by atoms with Gasteiger partial charge in [-0.15, -0.1) is 0 Å². The third-order valence-corrected chi connectivity index (χ3v) is 4.47. The summed E-state index contributed by atoms with van der Waals surface area (Å²) in [6.07, 6.45) is 5.69. The second kappa shape index (κ2) is 8.63. The zero-order valence-electron chi connectivity index (χ0n) is 15.7. The van der Waals surface area contributed by atoms with E-state index in [0.717, 1.165) is 30.0 Å². The Morgan fingerprint density at radius 1 is 1.04 bits per heavy atom. The molecule has 5 nitrogen and oxygen atoms in total. The van der Waals surface area contributed by atoms with Crippen LogP contribution in [0.4, 0.5) is 5.69 Å². The maximum atomic E-state index is 4.61. The van der Waals surface area contributed by atoms with Crippen molar-refractivity contribution < 1.29 is 0 Å². The van der Waals surface area contributed by atoms with E-state index in [1.165, 1.54) is 5.56 Å². The first-order valence-corrected chi connectivity index (χ1v) is 9.08. The van der Waals surface area contributed by atoms with Crippen molar-refractivity contribution in [1.82, 2.24) is 20.1 Å². The fraction of sp³-hybridized carbons (Fsp3) is 0.333. The summed E-state index contributed by atoms with van der Waals surface area (Å²) >= 11 is 0. The summed E-state index contributed by atoms with van der Waals surface area (Å²) in [4.78, 5) is 4.09. The molecule has 0 aliphatic heterocycles. The van der Waals surface area contributed by atoms with Gasteiger partial charge in [-0.25, -0.2) is 0 Å². The SMILES string of the molecule is CC(C)[C@H](CNCc1cn(C)nc1-c1ccncc1)Nc1ccccc1. The molecule has 0 fully saturated rings. The molecule has 26 heavy (non-hydrogen) atoms. The highest BCUT2D eigenvalue weighted by molar-refractivity contribution is 5.61. The molecule has 0 saturated heterocycles. The van der Waals surface area contributed by atoms with Crippen molar-refractivity contribution in [1.29, 1.82) is 0 Å². The van der Waals surface area contributed by atoms with E-state index < -0.39 is 0 Å². The number of benzene rings is 1. The Labute approximate surface area is 155 Å². The summed E-state index contributed by atoms with van der Waals surface area (Å²) in [5, 5.41) is 11.8. The molecule has 0 spiro atoms. The van der Waals surface area contributed by atoms with Crippen LogP contribution in [0.25, 0.3) is 11.3 Å². The van der Waals surface area contributed by atoms with E-state index in [1.54, 1.807) is 12.4 Å². The molecular weight excluding hydrogens is 322 g/mol. The summed E-state index contributed by atoms with van der Waals surface area (Å²) in [7, 11) is 1.96. The van der Waals surface area contributed by atoms with Gasteiger partial charge in [-0.3, -0.25) is 9.67 Å². The Kier molecular flexibility index (Phi) is 6.02. The average molecular weight is 349 g/mol. The first-order chi connectivity index (χ1) is 12.6. The molecule has 0 aliphatic carbocycles. The van der Waals surface area contributed by atoms with Crippen molar-refractivity contribution in [2.75, 3.05) is 11.9 Å². The van der Waals surface area contributed by atoms with E-state index in [1.807, 2.05) is 29.9 Å². The quantitative estimate of drug-likeness (QED) is 0.651. The summed E-state index contributed by atoms with van der Waals surface area (Å²) < 4.78 is 1.87. The number of hydrogen-bond acceptors (Lipinski definition) is 4. The van der Waals surface area contributed by atoms with Crippen LogP contribution < -0.4 is 10.6 Å². The van der Waals surface area contributed by atoms with Crippen LogP contribution in [0.15, 0.2) is 61.1 Å². The van der Waals surface area contributed by atoms with Crippen LogP contribution in [0.2, 0.25) is 0 Å². The molecule has 3 aromatic rings. The smallest absolute Gasteiger partial charge is 0.0969 e. The summed E-state index contributed by atoms with van der Waals surface area (Å²) in [5.41, 5.74) is 4.47. The second-order valence-corrected chi connectivity index (χ2v) is 6.90. The van der Waals surface area contributed by atoms with Crippen LogP contribution in [-0.2, 0) is 13.6 Å². The van der Waals surface area contributed by atoms with Gasteiger partial charge >= 0.3 is 0 Å². The molecule has 0 amide bonds. The van der Waals surface area contributed by atoms with Crippen molar-refractivity contribution in [3.63, 3.8) is 0 Å². The molecule has 1 atom stereocenters. The number of hydrogen-bond donors (Lipinski definition) is 2. The largest absolute Gasteiger partial charge is 0.381 e. The van der Waals surface area contributed by atoms with Gasteiger partial charge < -0.3 is 10.6 Å². The summed E-state index contributed by atoms with van der Waals surface area (Å²) in [6.45, 7) is 6.16. The highest BCUT2D eigenvalue weighted by atomic mass is 15.3. The van der Waals surface area contributed by atoms with Crippen molar-refractivity contribution in [3.05, 3.63) is 66.6 Å². The Balaban J connectivity index is 1.63. The highest BCUT2D eigenvalue weighted by Crippen LogP contribution is 2.21. The molecule has 2 aromatic heterocycles. The lowest BCUT2D eigenvalue weighted by Gasteiger charge is -2.24. The Hall–Kier alpha value is -2.66. The maximum absolute atomic E-state index is 4.61. The van der Waals surface area contributed by atoms with E-state index in [0.29, 0.717) is 12.0 Å². The maximum Gasteiger partial charge on any atom is 0.0969 e. The Morgan fingerprint density at radius 2 is 1.77 bits per heavy atom. The lowest BCUT2D eigenvalue weighted by molar-refractivity contribution is 0.484. The zero-order chi connectivity index (χ0) is 18.4. The minimum Gasteiger partial charge on any atom is -0.381 e. The van der Waals surface area contributed by atoms with E-state index in [4.69, 9.17) is 0 Å². The molecular formula is C21H27N5. The molecule has 0 aliphatic rings. The first kappa shape index (κ1) is 18.1. The van der Waals surface area contributed by atoms with E-state index in [2.05, 4.69) is 65.0 Å². The van der Waals surface area contributed by atoms with Crippen molar-refractivity contribution in [3.8, 4) is 11.3 Å². The third kappa shape index (κ3) is 4.70. The molecule has 2 N–H and O–H groups in total. The average Bonchev–Trinajstić information content (AvgIpc) is 3.03. The molecule has 0 unspecified atom stereocenters. The summed E-state index contributed by atoms with van der Waals surface area (Å²) in [5.74, 6) is 0.524. The van der Waals surface area contributed by atoms with E-state index in [-0.39, 0.29) is 0 Å². The van der Waals surface area contributed by atoms with E-state index in [9.17, 15) is 0 Å². The zero-order valence-corrected chi connectivity index (χ0v) is 15.7. The van der Waals surface area contributed by atoms with Crippen molar-refractivity contribution in [2.45, 2.75) is 26.4 Å². The second-order valence-electron chi connectivity index (χ2n) is 6.90. The van der Waals surface area contributed by atoms with Crippen LogP contribution >= 0.6 is 0 Å². The fourth-order valence-electron chi connectivity index (χ4n) is 2.98. The number of aryl methyl sites for hydroxylation is 1. The molecule has 5 heteroatoms. The first-order valence-electron chi connectivity index (χ1n) is 9.08. The van der Waals surface area contributed by atoms with Crippen molar-refractivity contribution >= 4 is 5.69 Å². The molecule has 136 valence electrons. The Bertz CT molecular complexity index is 796. The van der Waals surface area contributed by atoms with Gasteiger partial charge in [0.25, 0.3) is 0 Å². The molecule has 0 radical (unpaired) electrons. The van der Waals surface area contributed by atoms with Gasteiger partial charge in [0, 0.05) is 61.6 Å². The van der Waals surface area contributed by atoms with Crippen LogP contribution in [0.3, 0.4) is 0 Å². The molecule has 3 rings (SSSR count). The molecule has 0 bridgehead atoms. The number of nitrogens with one attached hydrogen (secondary N) is 2. The van der Waals surface area contributed by atoms with Crippen LogP contribution in [0.5, 0.6) is 0 Å². The van der Waals surface area contributed by atoms with Crippen LogP contribution in [0.1, 0.15) is 19.4 Å². The van der Waals surface area contributed by atoms with E-state index >= 15 is 0 Å². The molecule has 0 saturated carbocycles. The standard InChI is InChI=1S/C21H27N5/c1-16(2)20(24-19-7-5-4-6-8-19)14-23-13-18-15-26(3)25-21(18)17-9-11-22-12-10-17/h4-12,15-16,20,23-24H,13-14H2,1-3H3/t20-/m0/s1. The normalized spacial score (nSPS) is 12.3. The van der Waals surface area contributed by atoms with Gasteiger partial charge in [0.1, 0.15) is 0 Å². The van der Waals surface area contributed by atoms with Gasteiger partial charge in [-0.2, -0.15) is 5.10 Å². The fourth-order valence-corrected chi connectivity index (χ4v) is 2.98. The summed E-state index contributed by atoms with van der Waals surface area (Å²) in [6, 6.07) is 14.7. The minimum absolute atomic E-state index is 0.360. The monoisotopic (exact) mass is 349 g/mol. The van der Waals surface area contributed by atoms with Gasteiger partial charge in [-0.1, -0.05) is 32.0 Å². The Morgan fingerprint density at radius 3 is 2.46 bits per heavy atom. The lowest BCUT2D eigenvalue weighted by atomic mass is 10.0. The van der Waals surface area contributed by atoms with Crippen LogP contribution in [-0.4, -0.2) is 27.4 Å². The van der Waals surface area contributed by atoms with Gasteiger partial charge in [0.15, 0.2) is 0 Å². The number of anilines is 1. The van der Waals surface area contributed by atoms with Gasteiger partial charge in [-0.05, 0) is 30.2 Å². The number of aromatic nitrogens is 3. The third-order valence-electron chi connectivity index (χ3n) is 4.47. The van der Waals surface area contributed by atoms with Crippen LogP contribution in [0, 0.1) is 5.92 Å². The molecule has 2 heterocycles. The predicted molar refractivity (Wildman–Crippen MR) is 107 cm³/mol. The van der Waals surface area contributed by atoms with Gasteiger partial charge in [0.05, 0.1) is 5.69 Å². The number of para-hydroxylation sites is 1. The topological polar surface area (TPSA) is 54.8 Å².